The molecule has 1 unspecified atom stereocenters. The van der Waals surface area contributed by atoms with E-state index in [1.54, 1.807) is 30.3 Å². The summed E-state index contributed by atoms with van der Waals surface area (Å²) in [6.45, 7) is 0. The molecule has 0 bridgehead atoms. The van der Waals surface area contributed by atoms with Crippen molar-refractivity contribution in [2.75, 3.05) is 7.11 Å². The Hall–Kier alpha value is -3.12. The molecule has 6 heteroatoms. The molecule has 0 aromatic carbocycles. The first-order chi connectivity index (χ1) is 12.8. The van der Waals surface area contributed by atoms with Crippen molar-refractivity contribution in [3.8, 4) is 5.75 Å². The number of fused-ring (bicyclic) bond motifs is 4. The van der Waals surface area contributed by atoms with Gasteiger partial charge >= 0.3 is 0 Å². The van der Waals surface area contributed by atoms with Gasteiger partial charge in [-0.15, -0.1) is 11.3 Å². The first-order valence-corrected chi connectivity index (χ1v) is 8.97. The van der Waals surface area contributed by atoms with E-state index >= 15 is 0 Å². The molecule has 2 aliphatic rings. The van der Waals surface area contributed by atoms with Gasteiger partial charge in [-0.25, -0.2) is 4.98 Å². The molecule has 5 nitrogen and oxygen atoms in total. The predicted molar refractivity (Wildman–Crippen MR) is 103 cm³/mol. The Morgan fingerprint density at radius 3 is 3.15 bits per heavy atom. The van der Waals surface area contributed by atoms with Gasteiger partial charge in [0.2, 0.25) is 0 Å². The molecule has 0 N–H and O–H groups in total. The third kappa shape index (κ3) is 2.16. The van der Waals surface area contributed by atoms with Crippen LogP contribution in [0.1, 0.15) is 0 Å². The summed E-state index contributed by atoms with van der Waals surface area (Å²) in [6, 6.07) is 3.77. The number of methoxy groups -OCH3 is 1. The summed E-state index contributed by atoms with van der Waals surface area (Å²) in [6.07, 6.45) is 14.8. The summed E-state index contributed by atoms with van der Waals surface area (Å²) >= 11 is 1.39. The Labute approximate surface area is 152 Å². The Balaban J connectivity index is 1.75. The average molecular weight is 362 g/mol. The standard InChI is InChI=1S/C20H14N2O3S/c1-24-16-5-8-21-19-17(16)14-6-9-22(20(23)18(14)26-19)13-3-2-4-15-12(11-13)7-10-25-15/h2-11,15H,1H3. The van der Waals surface area contributed by atoms with Gasteiger partial charge in [0.25, 0.3) is 5.56 Å². The summed E-state index contributed by atoms with van der Waals surface area (Å²) in [5.41, 5.74) is 1.76. The Bertz CT molecular complexity index is 1230. The zero-order valence-electron chi connectivity index (χ0n) is 13.9. The smallest absolute Gasteiger partial charge is 0.273 e. The van der Waals surface area contributed by atoms with Crippen LogP contribution in [0.25, 0.3) is 26.0 Å². The normalized spacial score (nSPS) is 18.4. The second kappa shape index (κ2) is 5.71. The van der Waals surface area contributed by atoms with E-state index in [4.69, 9.17) is 9.47 Å². The molecule has 5 rings (SSSR count). The van der Waals surface area contributed by atoms with Crippen LogP contribution in [-0.4, -0.2) is 22.8 Å². The lowest BCUT2D eigenvalue weighted by molar-refractivity contribution is 0.239. The second-order valence-corrected chi connectivity index (χ2v) is 7.01. The molecule has 1 atom stereocenters. The maximum absolute atomic E-state index is 13.2. The van der Waals surface area contributed by atoms with Crippen molar-refractivity contribution in [2.24, 2.45) is 0 Å². The lowest BCUT2D eigenvalue weighted by atomic mass is 10.1. The van der Waals surface area contributed by atoms with Crippen LogP contribution in [0.5, 0.6) is 5.75 Å². The minimum absolute atomic E-state index is 0.0644. The number of aromatic nitrogens is 2. The van der Waals surface area contributed by atoms with Gasteiger partial charge in [-0.1, -0.05) is 6.08 Å². The summed E-state index contributed by atoms with van der Waals surface area (Å²) < 4.78 is 13.3. The molecular weight excluding hydrogens is 348 g/mol. The van der Waals surface area contributed by atoms with E-state index in [-0.39, 0.29) is 11.7 Å². The van der Waals surface area contributed by atoms with Gasteiger partial charge in [-0.3, -0.25) is 9.36 Å². The number of rotatable bonds is 2. The fraction of sp³-hybridized carbons (Fsp3) is 0.100. The number of pyridine rings is 2. The van der Waals surface area contributed by atoms with Crippen LogP contribution < -0.4 is 10.3 Å². The number of ether oxygens (including phenoxy) is 2. The molecule has 0 amide bonds. The molecule has 1 aliphatic carbocycles. The van der Waals surface area contributed by atoms with Gasteiger partial charge < -0.3 is 9.47 Å². The van der Waals surface area contributed by atoms with Gasteiger partial charge in [0.15, 0.2) is 0 Å². The molecule has 0 spiro atoms. The fourth-order valence-corrected chi connectivity index (χ4v) is 4.41. The van der Waals surface area contributed by atoms with Gasteiger partial charge in [0.1, 0.15) is 21.4 Å². The highest BCUT2D eigenvalue weighted by Gasteiger charge is 2.19. The minimum atomic E-state index is -0.0824. The van der Waals surface area contributed by atoms with Gasteiger partial charge in [-0.2, -0.15) is 0 Å². The van der Waals surface area contributed by atoms with E-state index < -0.39 is 0 Å². The maximum atomic E-state index is 13.2. The van der Waals surface area contributed by atoms with Crippen molar-refractivity contribution in [3.63, 3.8) is 0 Å². The van der Waals surface area contributed by atoms with Crippen molar-refractivity contribution < 1.29 is 9.47 Å². The maximum Gasteiger partial charge on any atom is 0.273 e. The highest BCUT2D eigenvalue weighted by molar-refractivity contribution is 7.25. The third-order valence-electron chi connectivity index (χ3n) is 4.57. The van der Waals surface area contributed by atoms with Crippen LogP contribution in [0.4, 0.5) is 0 Å². The summed E-state index contributed by atoms with van der Waals surface area (Å²) in [5, 5.41) is 1.76. The molecule has 3 aromatic heterocycles. The highest BCUT2D eigenvalue weighted by atomic mass is 32.1. The van der Waals surface area contributed by atoms with Crippen molar-refractivity contribution in [3.05, 3.63) is 77.1 Å². The zero-order valence-corrected chi connectivity index (χ0v) is 14.7. The Kier molecular flexibility index (Phi) is 3.33. The van der Waals surface area contributed by atoms with Crippen molar-refractivity contribution in [2.45, 2.75) is 6.10 Å². The van der Waals surface area contributed by atoms with Crippen LogP contribution >= 0.6 is 11.3 Å². The molecule has 128 valence electrons. The average Bonchev–Trinajstić information content (AvgIpc) is 3.21. The lowest BCUT2D eigenvalue weighted by Crippen LogP contribution is -2.17. The molecule has 0 saturated carbocycles. The van der Waals surface area contributed by atoms with Crippen molar-refractivity contribution in [1.82, 2.24) is 9.55 Å². The minimum Gasteiger partial charge on any atom is -0.496 e. The van der Waals surface area contributed by atoms with Gasteiger partial charge in [0.05, 0.1) is 18.8 Å². The van der Waals surface area contributed by atoms with E-state index in [9.17, 15) is 4.79 Å². The lowest BCUT2D eigenvalue weighted by Gasteiger charge is -2.08. The zero-order chi connectivity index (χ0) is 17.7. The van der Waals surface area contributed by atoms with Crippen molar-refractivity contribution in [1.29, 1.82) is 0 Å². The molecule has 3 aromatic rings. The predicted octanol–water partition coefficient (Wildman–Crippen LogP) is 3.87. The van der Waals surface area contributed by atoms with Crippen LogP contribution in [-0.2, 0) is 4.74 Å². The molecular formula is C20H14N2O3S. The largest absolute Gasteiger partial charge is 0.496 e. The first kappa shape index (κ1) is 15.2. The topological polar surface area (TPSA) is 53.3 Å². The van der Waals surface area contributed by atoms with E-state index in [1.807, 2.05) is 42.5 Å². The van der Waals surface area contributed by atoms with Crippen LogP contribution in [0.15, 0.2) is 71.5 Å². The van der Waals surface area contributed by atoms with E-state index in [2.05, 4.69) is 4.98 Å². The van der Waals surface area contributed by atoms with E-state index in [0.717, 1.165) is 32.6 Å². The molecule has 4 heterocycles. The van der Waals surface area contributed by atoms with Crippen LogP contribution in [0, 0.1) is 0 Å². The number of hydrogen-bond acceptors (Lipinski definition) is 5. The van der Waals surface area contributed by atoms with E-state index in [0.29, 0.717) is 4.70 Å². The second-order valence-electron chi connectivity index (χ2n) is 6.01. The van der Waals surface area contributed by atoms with Crippen molar-refractivity contribution >= 4 is 37.3 Å². The first-order valence-electron chi connectivity index (χ1n) is 8.15. The van der Waals surface area contributed by atoms with Gasteiger partial charge in [0, 0.05) is 29.1 Å². The fourth-order valence-electron chi connectivity index (χ4n) is 3.32. The number of allylic oxidation sites excluding steroid dienone is 4. The summed E-state index contributed by atoms with van der Waals surface area (Å²) in [4.78, 5) is 18.4. The number of hydrogen-bond donors (Lipinski definition) is 0. The summed E-state index contributed by atoms with van der Waals surface area (Å²) in [7, 11) is 1.63. The molecule has 0 radical (unpaired) electrons. The Morgan fingerprint density at radius 1 is 1.35 bits per heavy atom. The van der Waals surface area contributed by atoms with E-state index in [1.165, 1.54) is 11.3 Å². The summed E-state index contributed by atoms with van der Waals surface area (Å²) in [5.74, 6) is 0.730. The van der Waals surface area contributed by atoms with Crippen LogP contribution in [0.3, 0.4) is 0 Å². The molecule has 0 saturated heterocycles. The van der Waals surface area contributed by atoms with Gasteiger partial charge in [-0.05, 0) is 36.4 Å². The number of thiophene rings is 1. The SMILES string of the molecule is COc1ccnc2sc3c(=O)n(C4=CC=CC5OC=CC5=C4)ccc3c12. The molecule has 26 heavy (non-hydrogen) atoms. The van der Waals surface area contributed by atoms with Crippen LogP contribution in [0.2, 0.25) is 0 Å². The third-order valence-corrected chi connectivity index (χ3v) is 5.68. The molecule has 0 fully saturated rings. The monoisotopic (exact) mass is 362 g/mol. The molecule has 1 aliphatic heterocycles. The highest BCUT2D eigenvalue weighted by Crippen LogP contribution is 2.36. The quantitative estimate of drug-likeness (QED) is 0.694. The Morgan fingerprint density at radius 2 is 2.27 bits per heavy atom. The number of nitrogens with zero attached hydrogens (tertiary/aromatic N) is 2.